The Morgan fingerprint density at radius 2 is 2.22 bits per heavy atom. The third-order valence-electron chi connectivity index (χ3n) is 3.89. The standard InChI is InChI=1S/C13H18N2O3/c1-13(2)9(7-10(13)16)14-12(18)8-4-5-15(3)11(17)6-8/h4-6,9-10,16H,7H2,1-3H3,(H,14,18). The van der Waals surface area contributed by atoms with E-state index < -0.39 is 0 Å². The summed E-state index contributed by atoms with van der Waals surface area (Å²) in [7, 11) is 1.63. The molecule has 1 aliphatic rings. The van der Waals surface area contributed by atoms with E-state index in [1.807, 2.05) is 13.8 Å². The molecule has 5 heteroatoms. The molecule has 98 valence electrons. The predicted octanol–water partition coefficient (Wildman–Crippen LogP) is 0.274. The van der Waals surface area contributed by atoms with Crippen molar-refractivity contribution in [2.75, 3.05) is 0 Å². The summed E-state index contributed by atoms with van der Waals surface area (Å²) in [6.07, 6.45) is 1.74. The summed E-state index contributed by atoms with van der Waals surface area (Å²) in [5, 5.41) is 12.5. The first-order valence-electron chi connectivity index (χ1n) is 5.98. The van der Waals surface area contributed by atoms with Gasteiger partial charge in [0.1, 0.15) is 0 Å². The third kappa shape index (κ3) is 2.06. The zero-order chi connectivity index (χ0) is 13.5. The minimum absolute atomic E-state index is 0.0518. The first kappa shape index (κ1) is 12.8. The second-order valence-electron chi connectivity index (χ2n) is 5.46. The van der Waals surface area contributed by atoms with Crippen LogP contribution in [-0.2, 0) is 7.05 Å². The lowest BCUT2D eigenvalue weighted by atomic mass is 9.64. The highest BCUT2D eigenvalue weighted by Gasteiger charge is 2.47. The molecule has 0 aliphatic heterocycles. The maximum Gasteiger partial charge on any atom is 0.251 e. The monoisotopic (exact) mass is 250 g/mol. The van der Waals surface area contributed by atoms with Crippen LogP contribution in [0, 0.1) is 5.41 Å². The van der Waals surface area contributed by atoms with Gasteiger partial charge in [-0.25, -0.2) is 0 Å². The molecule has 2 N–H and O–H groups in total. The van der Waals surface area contributed by atoms with Crippen molar-refractivity contribution in [2.45, 2.75) is 32.4 Å². The van der Waals surface area contributed by atoms with E-state index >= 15 is 0 Å². The van der Waals surface area contributed by atoms with Crippen LogP contribution in [0.3, 0.4) is 0 Å². The maximum atomic E-state index is 12.0. The summed E-state index contributed by atoms with van der Waals surface area (Å²) < 4.78 is 1.41. The Morgan fingerprint density at radius 1 is 1.56 bits per heavy atom. The van der Waals surface area contributed by atoms with Gasteiger partial charge in [0, 0.05) is 36.3 Å². The molecule has 5 nitrogen and oxygen atoms in total. The summed E-state index contributed by atoms with van der Waals surface area (Å²) in [6.45, 7) is 3.83. The molecule has 1 fully saturated rings. The molecule has 0 bridgehead atoms. The van der Waals surface area contributed by atoms with E-state index in [9.17, 15) is 14.7 Å². The number of hydrogen-bond acceptors (Lipinski definition) is 3. The Balaban J connectivity index is 2.09. The first-order chi connectivity index (χ1) is 8.32. The molecule has 1 amide bonds. The molecule has 1 aromatic rings. The molecule has 0 aromatic carbocycles. The van der Waals surface area contributed by atoms with Crippen LogP contribution in [-0.4, -0.2) is 27.7 Å². The normalized spacial score (nSPS) is 25.3. The Morgan fingerprint density at radius 3 is 2.72 bits per heavy atom. The van der Waals surface area contributed by atoms with Gasteiger partial charge in [0.2, 0.25) is 0 Å². The highest BCUT2D eigenvalue weighted by Crippen LogP contribution is 2.40. The molecule has 1 heterocycles. The van der Waals surface area contributed by atoms with E-state index in [1.165, 1.54) is 10.6 Å². The van der Waals surface area contributed by atoms with Crippen LogP contribution in [0.5, 0.6) is 0 Å². The van der Waals surface area contributed by atoms with Crippen molar-refractivity contribution in [3.63, 3.8) is 0 Å². The molecule has 2 unspecified atom stereocenters. The molecule has 0 radical (unpaired) electrons. The van der Waals surface area contributed by atoms with Gasteiger partial charge in [-0.1, -0.05) is 13.8 Å². The van der Waals surface area contributed by atoms with Gasteiger partial charge in [-0.2, -0.15) is 0 Å². The first-order valence-corrected chi connectivity index (χ1v) is 5.98. The van der Waals surface area contributed by atoms with E-state index in [-0.39, 0.29) is 29.0 Å². The topological polar surface area (TPSA) is 71.3 Å². The molecule has 0 saturated heterocycles. The number of aromatic nitrogens is 1. The lowest BCUT2D eigenvalue weighted by Gasteiger charge is -2.49. The number of rotatable bonds is 2. The fourth-order valence-electron chi connectivity index (χ4n) is 2.08. The van der Waals surface area contributed by atoms with Gasteiger partial charge in [0.05, 0.1) is 6.10 Å². The number of hydrogen-bond donors (Lipinski definition) is 2. The summed E-state index contributed by atoms with van der Waals surface area (Å²) in [5.41, 5.74) is -0.166. The SMILES string of the molecule is Cn1ccc(C(=O)NC2CC(O)C2(C)C)cc1=O. The van der Waals surface area contributed by atoms with Gasteiger partial charge in [0.25, 0.3) is 11.5 Å². The zero-order valence-electron chi connectivity index (χ0n) is 10.8. The number of carbonyl (C=O) groups excluding carboxylic acids is 1. The average molecular weight is 250 g/mol. The number of aliphatic hydroxyl groups excluding tert-OH is 1. The molecular formula is C13H18N2O3. The van der Waals surface area contributed by atoms with E-state index in [4.69, 9.17) is 0 Å². The Labute approximate surface area is 105 Å². The number of nitrogens with zero attached hydrogens (tertiary/aromatic N) is 1. The van der Waals surface area contributed by atoms with Crippen molar-refractivity contribution in [1.29, 1.82) is 0 Å². The van der Waals surface area contributed by atoms with Crippen LogP contribution in [0.4, 0.5) is 0 Å². The number of nitrogens with one attached hydrogen (secondary N) is 1. The second-order valence-corrected chi connectivity index (χ2v) is 5.46. The van der Waals surface area contributed by atoms with Gasteiger partial charge in [-0.05, 0) is 12.5 Å². The number of pyridine rings is 1. The summed E-state index contributed by atoms with van der Waals surface area (Å²) in [4.78, 5) is 23.4. The summed E-state index contributed by atoms with van der Waals surface area (Å²) in [6, 6.07) is 2.88. The fourth-order valence-corrected chi connectivity index (χ4v) is 2.08. The van der Waals surface area contributed by atoms with Crippen LogP contribution in [0.25, 0.3) is 0 Å². The molecule has 1 aliphatic carbocycles. The molecule has 1 aromatic heterocycles. The van der Waals surface area contributed by atoms with Gasteiger partial charge < -0.3 is 15.0 Å². The molecule has 18 heavy (non-hydrogen) atoms. The molecule has 1 saturated carbocycles. The lowest BCUT2D eigenvalue weighted by molar-refractivity contribution is -0.0689. The quantitative estimate of drug-likeness (QED) is 0.791. The highest BCUT2D eigenvalue weighted by molar-refractivity contribution is 5.94. The van der Waals surface area contributed by atoms with Crippen molar-refractivity contribution in [2.24, 2.45) is 12.5 Å². The fraction of sp³-hybridized carbons (Fsp3) is 0.538. The molecule has 2 rings (SSSR count). The number of aryl methyl sites for hydroxylation is 1. The Bertz CT molecular complexity index is 533. The maximum absolute atomic E-state index is 12.0. The molecule has 2 atom stereocenters. The van der Waals surface area contributed by atoms with E-state index in [1.54, 1.807) is 19.3 Å². The summed E-state index contributed by atoms with van der Waals surface area (Å²) in [5.74, 6) is -0.266. The smallest absolute Gasteiger partial charge is 0.251 e. The highest BCUT2D eigenvalue weighted by atomic mass is 16.3. The molecule has 0 spiro atoms. The lowest BCUT2D eigenvalue weighted by Crippen LogP contribution is -2.61. The van der Waals surface area contributed by atoms with Gasteiger partial charge in [-0.15, -0.1) is 0 Å². The van der Waals surface area contributed by atoms with Crippen molar-refractivity contribution < 1.29 is 9.90 Å². The minimum Gasteiger partial charge on any atom is -0.392 e. The number of carbonyl (C=O) groups is 1. The van der Waals surface area contributed by atoms with Crippen molar-refractivity contribution in [3.8, 4) is 0 Å². The Kier molecular flexibility index (Phi) is 3.02. The van der Waals surface area contributed by atoms with Crippen LogP contribution in [0.2, 0.25) is 0 Å². The van der Waals surface area contributed by atoms with Crippen LogP contribution in [0.15, 0.2) is 23.1 Å². The van der Waals surface area contributed by atoms with Crippen molar-refractivity contribution in [3.05, 3.63) is 34.2 Å². The van der Waals surface area contributed by atoms with E-state index in [2.05, 4.69) is 5.32 Å². The Hall–Kier alpha value is -1.62. The molecular weight excluding hydrogens is 232 g/mol. The van der Waals surface area contributed by atoms with Crippen LogP contribution in [0.1, 0.15) is 30.6 Å². The van der Waals surface area contributed by atoms with Gasteiger partial charge in [0.15, 0.2) is 0 Å². The number of aliphatic hydroxyl groups is 1. The second kappa shape index (κ2) is 4.24. The minimum atomic E-state index is -0.383. The van der Waals surface area contributed by atoms with Gasteiger partial charge in [-0.3, -0.25) is 9.59 Å². The van der Waals surface area contributed by atoms with Crippen molar-refractivity contribution in [1.82, 2.24) is 9.88 Å². The van der Waals surface area contributed by atoms with E-state index in [0.29, 0.717) is 12.0 Å². The van der Waals surface area contributed by atoms with Crippen LogP contribution < -0.4 is 10.9 Å². The largest absolute Gasteiger partial charge is 0.392 e. The van der Waals surface area contributed by atoms with E-state index in [0.717, 1.165) is 0 Å². The third-order valence-corrected chi connectivity index (χ3v) is 3.89. The predicted molar refractivity (Wildman–Crippen MR) is 67.3 cm³/mol. The number of amides is 1. The van der Waals surface area contributed by atoms with Crippen LogP contribution >= 0.6 is 0 Å². The van der Waals surface area contributed by atoms with Crippen molar-refractivity contribution >= 4 is 5.91 Å². The zero-order valence-corrected chi connectivity index (χ0v) is 10.8. The summed E-state index contributed by atoms with van der Waals surface area (Å²) >= 11 is 0. The van der Waals surface area contributed by atoms with Gasteiger partial charge >= 0.3 is 0 Å². The average Bonchev–Trinajstić information content (AvgIpc) is 2.32.